The molecule has 0 N–H and O–H groups in total. The topological polar surface area (TPSA) is 65.7 Å². The highest BCUT2D eigenvalue weighted by atomic mass is 19.4. The molecule has 3 aromatic carbocycles. The van der Waals surface area contributed by atoms with Crippen molar-refractivity contribution in [2.45, 2.75) is 6.18 Å². The Bertz CT molecular complexity index is 1120. The third-order valence-electron chi connectivity index (χ3n) is 4.13. The van der Waals surface area contributed by atoms with Gasteiger partial charge in [0.25, 0.3) is 5.91 Å². The second kappa shape index (κ2) is 9.59. The summed E-state index contributed by atoms with van der Waals surface area (Å²) in [5.41, 5.74) is -0.0886. The molecule has 0 unspecified atom stereocenters. The minimum atomic E-state index is -4.57. The monoisotopic (exact) mass is 423 g/mol. The zero-order valence-electron chi connectivity index (χ0n) is 16.1. The van der Waals surface area contributed by atoms with Crippen LogP contribution in [0.1, 0.15) is 16.7 Å². The van der Waals surface area contributed by atoms with Crippen molar-refractivity contribution in [2.75, 3.05) is 11.6 Å². The van der Waals surface area contributed by atoms with E-state index >= 15 is 0 Å². The smallest absolute Gasteiger partial charge is 0.416 e. The SMILES string of the molecule is N#Cc1ccccc1OCC(=O)N(N=Cc1ccccc1)c1cccc(C(F)(F)F)c1. The number of carbonyl (C=O) groups is 1. The predicted molar refractivity (Wildman–Crippen MR) is 110 cm³/mol. The van der Waals surface area contributed by atoms with E-state index in [-0.39, 0.29) is 17.0 Å². The first kappa shape index (κ1) is 21.6. The van der Waals surface area contributed by atoms with Gasteiger partial charge in [0.05, 0.1) is 23.0 Å². The molecule has 0 fully saturated rings. The highest BCUT2D eigenvalue weighted by molar-refractivity contribution is 5.96. The third-order valence-corrected chi connectivity index (χ3v) is 4.13. The van der Waals surface area contributed by atoms with Crippen LogP contribution in [0, 0.1) is 11.3 Å². The summed E-state index contributed by atoms with van der Waals surface area (Å²) in [6.45, 7) is -0.527. The van der Waals surface area contributed by atoms with Crippen molar-refractivity contribution in [1.82, 2.24) is 0 Å². The number of anilines is 1. The van der Waals surface area contributed by atoms with E-state index in [0.29, 0.717) is 5.56 Å². The maximum atomic E-state index is 13.1. The van der Waals surface area contributed by atoms with Crippen molar-refractivity contribution in [1.29, 1.82) is 5.26 Å². The van der Waals surface area contributed by atoms with E-state index in [2.05, 4.69) is 5.10 Å². The summed E-state index contributed by atoms with van der Waals surface area (Å²) >= 11 is 0. The molecular formula is C23H16F3N3O2. The number of amides is 1. The lowest BCUT2D eigenvalue weighted by molar-refractivity contribution is -0.137. The number of nitriles is 1. The number of benzene rings is 3. The molecule has 5 nitrogen and oxygen atoms in total. The van der Waals surface area contributed by atoms with Gasteiger partial charge in [0, 0.05) is 0 Å². The molecule has 0 radical (unpaired) electrons. The average molecular weight is 423 g/mol. The van der Waals surface area contributed by atoms with Crippen molar-refractivity contribution >= 4 is 17.8 Å². The number of ether oxygens (including phenoxy) is 1. The second-order valence-corrected chi connectivity index (χ2v) is 6.31. The Morgan fingerprint density at radius 1 is 1.03 bits per heavy atom. The van der Waals surface area contributed by atoms with E-state index in [9.17, 15) is 18.0 Å². The van der Waals surface area contributed by atoms with Gasteiger partial charge < -0.3 is 4.74 Å². The number of hydrogen-bond acceptors (Lipinski definition) is 4. The fourth-order valence-corrected chi connectivity index (χ4v) is 2.64. The van der Waals surface area contributed by atoms with Crippen molar-refractivity contribution in [3.63, 3.8) is 0 Å². The summed E-state index contributed by atoms with van der Waals surface area (Å²) in [7, 11) is 0. The Morgan fingerprint density at radius 2 is 1.74 bits per heavy atom. The average Bonchev–Trinajstić information content (AvgIpc) is 2.78. The van der Waals surface area contributed by atoms with E-state index in [1.807, 2.05) is 6.07 Å². The molecule has 156 valence electrons. The number of hydrogen-bond donors (Lipinski definition) is 0. The Hall–Kier alpha value is -4.12. The molecular weight excluding hydrogens is 407 g/mol. The van der Waals surface area contributed by atoms with Gasteiger partial charge in [-0.2, -0.15) is 28.5 Å². The van der Waals surface area contributed by atoms with Crippen molar-refractivity contribution in [3.8, 4) is 11.8 Å². The first-order valence-corrected chi connectivity index (χ1v) is 9.09. The van der Waals surface area contributed by atoms with Gasteiger partial charge in [-0.1, -0.05) is 48.5 Å². The fraction of sp³-hybridized carbons (Fsp3) is 0.0870. The van der Waals surface area contributed by atoms with Gasteiger partial charge >= 0.3 is 6.18 Å². The molecule has 0 aliphatic carbocycles. The van der Waals surface area contributed by atoms with E-state index in [0.717, 1.165) is 17.1 Å². The summed E-state index contributed by atoms with van der Waals surface area (Å²) in [6.07, 6.45) is -3.21. The van der Waals surface area contributed by atoms with Crippen molar-refractivity contribution in [3.05, 3.63) is 95.6 Å². The van der Waals surface area contributed by atoms with E-state index < -0.39 is 24.3 Å². The molecule has 0 heterocycles. The zero-order valence-corrected chi connectivity index (χ0v) is 16.1. The number of rotatable bonds is 6. The number of para-hydroxylation sites is 1. The van der Waals surface area contributed by atoms with Crippen LogP contribution in [0.25, 0.3) is 0 Å². The summed E-state index contributed by atoms with van der Waals surface area (Å²) in [5, 5.41) is 14.1. The van der Waals surface area contributed by atoms with Gasteiger partial charge in [0.1, 0.15) is 11.8 Å². The maximum Gasteiger partial charge on any atom is 0.416 e. The fourth-order valence-electron chi connectivity index (χ4n) is 2.64. The lowest BCUT2D eigenvalue weighted by Crippen LogP contribution is -2.31. The molecule has 0 bridgehead atoms. The van der Waals surface area contributed by atoms with E-state index in [1.54, 1.807) is 42.5 Å². The Labute approximate surface area is 176 Å². The zero-order chi connectivity index (χ0) is 22.3. The molecule has 1 amide bonds. The third kappa shape index (κ3) is 5.70. The van der Waals surface area contributed by atoms with Gasteiger partial charge in [0.15, 0.2) is 6.61 Å². The molecule has 8 heteroatoms. The van der Waals surface area contributed by atoms with Crippen LogP contribution in [-0.2, 0) is 11.0 Å². The molecule has 0 aromatic heterocycles. The van der Waals surface area contributed by atoms with Gasteiger partial charge in [-0.25, -0.2) is 0 Å². The van der Waals surface area contributed by atoms with Crippen LogP contribution in [0.15, 0.2) is 84.0 Å². The first-order valence-electron chi connectivity index (χ1n) is 9.09. The van der Waals surface area contributed by atoms with Crippen LogP contribution in [-0.4, -0.2) is 18.7 Å². The van der Waals surface area contributed by atoms with Gasteiger partial charge in [-0.05, 0) is 35.9 Å². The molecule has 0 saturated carbocycles. The Kier molecular flexibility index (Phi) is 6.67. The van der Waals surface area contributed by atoms with Crippen LogP contribution in [0.4, 0.5) is 18.9 Å². The standard InChI is InChI=1S/C23H16F3N3O2/c24-23(25,26)19-10-6-11-20(13-19)29(28-15-17-7-2-1-3-8-17)22(30)16-31-21-12-5-4-9-18(21)14-27/h1-13,15H,16H2. The van der Waals surface area contributed by atoms with Gasteiger partial charge in [-0.15, -0.1) is 0 Å². The normalized spacial score (nSPS) is 11.2. The number of hydrazone groups is 1. The molecule has 0 spiro atoms. The summed E-state index contributed by atoms with van der Waals surface area (Å²) in [6, 6.07) is 21.4. The predicted octanol–water partition coefficient (Wildman–Crippen LogP) is 5.02. The van der Waals surface area contributed by atoms with Crippen LogP contribution in [0.3, 0.4) is 0 Å². The highest BCUT2D eigenvalue weighted by Crippen LogP contribution is 2.32. The number of carbonyl (C=O) groups excluding carboxylic acids is 1. The van der Waals surface area contributed by atoms with Gasteiger partial charge in [0.2, 0.25) is 0 Å². The summed E-state index contributed by atoms with van der Waals surface area (Å²) in [4.78, 5) is 12.8. The van der Waals surface area contributed by atoms with Crippen LogP contribution in [0.5, 0.6) is 5.75 Å². The number of nitrogens with zero attached hydrogens (tertiary/aromatic N) is 3. The minimum absolute atomic E-state index is 0.0656. The van der Waals surface area contributed by atoms with Crippen molar-refractivity contribution in [2.24, 2.45) is 5.10 Å². The number of halogens is 3. The van der Waals surface area contributed by atoms with Crippen LogP contribution < -0.4 is 9.75 Å². The molecule has 3 aromatic rings. The molecule has 0 aliphatic rings. The Morgan fingerprint density at radius 3 is 2.45 bits per heavy atom. The second-order valence-electron chi connectivity index (χ2n) is 6.31. The molecule has 3 rings (SSSR count). The quantitative estimate of drug-likeness (QED) is 0.413. The van der Waals surface area contributed by atoms with E-state index in [1.165, 1.54) is 30.5 Å². The first-order chi connectivity index (χ1) is 14.9. The lowest BCUT2D eigenvalue weighted by Gasteiger charge is -2.19. The number of alkyl halides is 3. The molecule has 0 saturated heterocycles. The summed E-state index contributed by atoms with van der Waals surface area (Å²) in [5.74, 6) is -0.520. The van der Waals surface area contributed by atoms with Gasteiger partial charge in [-0.3, -0.25) is 4.79 Å². The highest BCUT2D eigenvalue weighted by Gasteiger charge is 2.31. The molecule has 31 heavy (non-hydrogen) atoms. The Balaban J connectivity index is 1.89. The largest absolute Gasteiger partial charge is 0.482 e. The van der Waals surface area contributed by atoms with Crippen LogP contribution >= 0.6 is 0 Å². The molecule has 0 atom stereocenters. The molecule has 0 aliphatic heterocycles. The maximum absolute atomic E-state index is 13.1. The van der Waals surface area contributed by atoms with Crippen LogP contribution in [0.2, 0.25) is 0 Å². The lowest BCUT2D eigenvalue weighted by atomic mass is 10.2. The van der Waals surface area contributed by atoms with Crippen molar-refractivity contribution < 1.29 is 22.7 Å². The van der Waals surface area contributed by atoms with E-state index in [4.69, 9.17) is 10.00 Å². The minimum Gasteiger partial charge on any atom is -0.482 e. The summed E-state index contributed by atoms with van der Waals surface area (Å²) < 4.78 is 44.8.